The first-order valence-corrected chi connectivity index (χ1v) is 8.73. The third kappa shape index (κ3) is 4.03. The van der Waals surface area contributed by atoms with Crippen LogP contribution in [0.15, 0.2) is 54.7 Å². The number of anilines is 1. The molecular formula is C20H18Cl2N2O2. The molecule has 1 heterocycles. The minimum Gasteiger partial charge on any atom is -0.497 e. The highest BCUT2D eigenvalue weighted by Gasteiger charge is 2.09. The van der Waals surface area contributed by atoms with Crippen LogP contribution in [-0.2, 0) is 6.54 Å². The molecule has 3 aromatic rings. The molecule has 0 spiro atoms. The first kappa shape index (κ1) is 18.4. The molecule has 2 aromatic carbocycles. The van der Waals surface area contributed by atoms with Gasteiger partial charge in [0, 0.05) is 35.6 Å². The first-order valence-electron chi connectivity index (χ1n) is 7.97. The fourth-order valence-electron chi connectivity index (χ4n) is 2.58. The lowest BCUT2D eigenvalue weighted by Crippen LogP contribution is -2.02. The Balaban J connectivity index is 1.81. The second-order valence-corrected chi connectivity index (χ2v) is 6.35. The van der Waals surface area contributed by atoms with E-state index in [-0.39, 0.29) is 0 Å². The quantitative estimate of drug-likeness (QED) is 0.589. The predicted molar refractivity (Wildman–Crippen MR) is 107 cm³/mol. The zero-order chi connectivity index (χ0) is 18.5. The van der Waals surface area contributed by atoms with Crippen molar-refractivity contribution < 1.29 is 9.47 Å². The Bertz CT molecular complexity index is 916. The molecule has 4 nitrogen and oxygen atoms in total. The minimum atomic E-state index is 0.496. The molecule has 1 N–H and O–H groups in total. The van der Waals surface area contributed by atoms with Crippen molar-refractivity contribution in [3.05, 3.63) is 70.3 Å². The number of hydrogen-bond acceptors (Lipinski definition) is 4. The van der Waals surface area contributed by atoms with E-state index in [0.717, 1.165) is 34.0 Å². The number of rotatable bonds is 6. The summed E-state index contributed by atoms with van der Waals surface area (Å²) in [5.74, 6) is 1.52. The summed E-state index contributed by atoms with van der Waals surface area (Å²) in [6, 6.07) is 15.1. The van der Waals surface area contributed by atoms with Gasteiger partial charge in [0.05, 0.1) is 30.0 Å². The lowest BCUT2D eigenvalue weighted by molar-refractivity contribution is 0.391. The van der Waals surface area contributed by atoms with Gasteiger partial charge in [-0.25, -0.2) is 0 Å². The molecule has 0 fully saturated rings. The van der Waals surface area contributed by atoms with Crippen molar-refractivity contribution in [2.45, 2.75) is 6.54 Å². The molecule has 0 bridgehead atoms. The third-order valence-corrected chi connectivity index (χ3v) is 4.78. The maximum Gasteiger partial charge on any atom is 0.127 e. The van der Waals surface area contributed by atoms with Crippen LogP contribution in [0.3, 0.4) is 0 Å². The van der Waals surface area contributed by atoms with Gasteiger partial charge in [0.1, 0.15) is 11.5 Å². The Labute approximate surface area is 162 Å². The van der Waals surface area contributed by atoms with Gasteiger partial charge in [-0.3, -0.25) is 4.98 Å². The van der Waals surface area contributed by atoms with Crippen LogP contribution in [-0.4, -0.2) is 19.2 Å². The van der Waals surface area contributed by atoms with E-state index in [0.29, 0.717) is 16.6 Å². The highest BCUT2D eigenvalue weighted by molar-refractivity contribution is 6.43. The van der Waals surface area contributed by atoms with Crippen LogP contribution in [0, 0.1) is 0 Å². The molecule has 0 aliphatic rings. The highest BCUT2D eigenvalue weighted by atomic mass is 35.5. The zero-order valence-corrected chi connectivity index (χ0v) is 15.9. The second-order valence-electron chi connectivity index (χ2n) is 5.56. The van der Waals surface area contributed by atoms with Crippen molar-refractivity contribution >= 4 is 28.9 Å². The maximum atomic E-state index is 6.30. The fourth-order valence-corrected chi connectivity index (χ4v) is 2.98. The van der Waals surface area contributed by atoms with E-state index in [2.05, 4.69) is 10.3 Å². The first-order chi connectivity index (χ1) is 12.6. The average molecular weight is 389 g/mol. The number of pyridine rings is 1. The molecule has 0 saturated carbocycles. The molecule has 6 heteroatoms. The lowest BCUT2D eigenvalue weighted by atomic mass is 10.1. The van der Waals surface area contributed by atoms with Crippen LogP contribution >= 0.6 is 23.2 Å². The van der Waals surface area contributed by atoms with Crippen molar-refractivity contribution in [2.24, 2.45) is 0 Å². The summed E-state index contributed by atoms with van der Waals surface area (Å²) in [6.07, 6.45) is 1.74. The van der Waals surface area contributed by atoms with Gasteiger partial charge < -0.3 is 14.8 Å². The van der Waals surface area contributed by atoms with Crippen LogP contribution in [0.4, 0.5) is 5.69 Å². The molecule has 0 atom stereocenters. The number of ether oxygens (including phenoxy) is 2. The topological polar surface area (TPSA) is 43.4 Å². The lowest BCUT2D eigenvalue weighted by Gasteiger charge is -2.13. The normalized spacial score (nSPS) is 10.5. The number of aromatic nitrogens is 1. The Hall–Kier alpha value is -2.43. The minimum absolute atomic E-state index is 0.496. The van der Waals surface area contributed by atoms with Crippen LogP contribution in [0.2, 0.25) is 10.0 Å². The molecule has 0 unspecified atom stereocenters. The van der Waals surface area contributed by atoms with E-state index in [1.807, 2.05) is 42.5 Å². The van der Waals surface area contributed by atoms with Gasteiger partial charge in [-0.05, 0) is 30.3 Å². The molecule has 0 aliphatic heterocycles. The monoisotopic (exact) mass is 388 g/mol. The summed E-state index contributed by atoms with van der Waals surface area (Å²) in [7, 11) is 3.27. The summed E-state index contributed by atoms with van der Waals surface area (Å²) in [5.41, 5.74) is 3.49. The van der Waals surface area contributed by atoms with E-state index in [1.165, 1.54) is 0 Å². The fraction of sp³-hybridized carbons (Fsp3) is 0.150. The smallest absolute Gasteiger partial charge is 0.127 e. The molecule has 0 saturated heterocycles. The van der Waals surface area contributed by atoms with Gasteiger partial charge in [0.25, 0.3) is 0 Å². The summed E-state index contributed by atoms with van der Waals surface area (Å²) in [5, 5.41) is 4.38. The Morgan fingerprint density at radius 2 is 1.85 bits per heavy atom. The summed E-state index contributed by atoms with van der Waals surface area (Å²) < 4.78 is 10.7. The van der Waals surface area contributed by atoms with E-state index < -0.39 is 0 Å². The van der Waals surface area contributed by atoms with E-state index >= 15 is 0 Å². The van der Waals surface area contributed by atoms with Gasteiger partial charge in [-0.2, -0.15) is 0 Å². The Kier molecular flexibility index (Phi) is 5.86. The van der Waals surface area contributed by atoms with Crippen molar-refractivity contribution in [2.75, 3.05) is 19.5 Å². The molecule has 0 amide bonds. The van der Waals surface area contributed by atoms with Gasteiger partial charge >= 0.3 is 0 Å². The van der Waals surface area contributed by atoms with Crippen molar-refractivity contribution in [1.29, 1.82) is 0 Å². The number of nitrogens with zero attached hydrogens (tertiary/aromatic N) is 1. The molecule has 26 heavy (non-hydrogen) atoms. The third-order valence-electron chi connectivity index (χ3n) is 3.96. The Morgan fingerprint density at radius 3 is 2.62 bits per heavy atom. The molecule has 1 aromatic heterocycles. The summed E-state index contributed by atoms with van der Waals surface area (Å²) in [6.45, 7) is 0.597. The highest BCUT2D eigenvalue weighted by Crippen LogP contribution is 2.33. The zero-order valence-electron chi connectivity index (χ0n) is 14.4. The largest absolute Gasteiger partial charge is 0.497 e. The maximum absolute atomic E-state index is 6.30. The van der Waals surface area contributed by atoms with Crippen LogP contribution in [0.25, 0.3) is 11.3 Å². The SMILES string of the molecule is COc1ccc(CNc2ccnc(-c3cccc(Cl)c3Cl)c2)c(OC)c1. The van der Waals surface area contributed by atoms with Gasteiger partial charge in [-0.1, -0.05) is 35.3 Å². The molecule has 0 aliphatic carbocycles. The van der Waals surface area contributed by atoms with Gasteiger partial charge in [0.2, 0.25) is 0 Å². The standard InChI is InChI=1S/C20H18Cl2N2O2/c1-25-15-7-6-13(19(11-15)26-2)12-24-14-8-9-23-18(10-14)16-4-3-5-17(21)20(16)22/h3-11H,12H2,1-2H3,(H,23,24). The number of nitrogens with one attached hydrogen (secondary N) is 1. The van der Waals surface area contributed by atoms with Crippen LogP contribution in [0.1, 0.15) is 5.56 Å². The van der Waals surface area contributed by atoms with E-state index in [1.54, 1.807) is 26.5 Å². The molecule has 3 rings (SSSR count). The summed E-state index contributed by atoms with van der Waals surface area (Å²) in [4.78, 5) is 4.40. The molecule has 0 radical (unpaired) electrons. The predicted octanol–water partition coefficient (Wildman–Crippen LogP) is 5.68. The molecule has 134 valence electrons. The number of methoxy groups -OCH3 is 2. The Morgan fingerprint density at radius 1 is 1.00 bits per heavy atom. The summed E-state index contributed by atoms with van der Waals surface area (Å²) >= 11 is 12.4. The number of hydrogen-bond donors (Lipinski definition) is 1. The van der Waals surface area contributed by atoms with Gasteiger partial charge in [0.15, 0.2) is 0 Å². The van der Waals surface area contributed by atoms with Crippen molar-refractivity contribution in [3.8, 4) is 22.8 Å². The van der Waals surface area contributed by atoms with Crippen LogP contribution in [0.5, 0.6) is 11.5 Å². The van der Waals surface area contributed by atoms with Crippen LogP contribution < -0.4 is 14.8 Å². The second kappa shape index (κ2) is 8.30. The van der Waals surface area contributed by atoms with E-state index in [4.69, 9.17) is 32.7 Å². The van der Waals surface area contributed by atoms with Gasteiger partial charge in [-0.15, -0.1) is 0 Å². The van der Waals surface area contributed by atoms with Crippen molar-refractivity contribution in [1.82, 2.24) is 4.98 Å². The van der Waals surface area contributed by atoms with E-state index in [9.17, 15) is 0 Å². The number of halogens is 2. The van der Waals surface area contributed by atoms with Crippen molar-refractivity contribution in [3.63, 3.8) is 0 Å². The molecular weight excluding hydrogens is 371 g/mol. The average Bonchev–Trinajstić information content (AvgIpc) is 2.68. The number of benzene rings is 2.